The summed E-state index contributed by atoms with van der Waals surface area (Å²) < 4.78 is 5.74. The number of hydrogen-bond acceptors (Lipinski definition) is 1. The highest BCUT2D eigenvalue weighted by Crippen LogP contribution is 2.15. The summed E-state index contributed by atoms with van der Waals surface area (Å²) in [5, 5.41) is 0. The fraction of sp³-hybridized carbons (Fsp3) is 0.125. The highest BCUT2D eigenvalue weighted by atomic mass is 16.5. The Morgan fingerprint density at radius 2 is 1.71 bits per heavy atom. The van der Waals surface area contributed by atoms with Crippen LogP contribution in [0.5, 0.6) is 5.75 Å². The maximum Gasteiger partial charge on any atom is 0.120 e. The third-order valence-corrected chi connectivity index (χ3v) is 2.53. The molecule has 0 heterocycles. The van der Waals surface area contributed by atoms with Crippen LogP contribution < -0.4 is 4.74 Å². The molecule has 0 aliphatic rings. The zero-order valence-corrected chi connectivity index (χ0v) is 9.80. The van der Waals surface area contributed by atoms with E-state index < -0.39 is 0 Å². The van der Waals surface area contributed by atoms with Crippen molar-refractivity contribution in [1.29, 1.82) is 0 Å². The largest absolute Gasteiger partial charge is 0.489 e. The van der Waals surface area contributed by atoms with E-state index in [9.17, 15) is 0 Å². The molecule has 1 nitrogen and oxygen atoms in total. The molecule has 0 N–H and O–H groups in total. The third kappa shape index (κ3) is 3.49. The molecule has 0 fully saturated rings. The van der Waals surface area contributed by atoms with Gasteiger partial charge < -0.3 is 4.74 Å². The Kier molecular flexibility index (Phi) is 3.98. The Morgan fingerprint density at radius 3 is 2.47 bits per heavy atom. The average molecular weight is 224 g/mol. The Hall–Kier alpha value is -2.02. The summed E-state index contributed by atoms with van der Waals surface area (Å²) >= 11 is 0. The maximum atomic E-state index is 5.74. The molecule has 0 radical (unpaired) electrons. The fourth-order valence-electron chi connectivity index (χ4n) is 1.67. The van der Waals surface area contributed by atoms with Gasteiger partial charge in [0.1, 0.15) is 12.4 Å². The lowest BCUT2D eigenvalue weighted by Crippen LogP contribution is -1.95. The summed E-state index contributed by atoms with van der Waals surface area (Å²) in [7, 11) is 0. The number of rotatable bonds is 5. The van der Waals surface area contributed by atoms with Gasteiger partial charge in [-0.3, -0.25) is 0 Å². The minimum Gasteiger partial charge on any atom is -0.489 e. The molecule has 0 aliphatic carbocycles. The van der Waals surface area contributed by atoms with Gasteiger partial charge in [-0.2, -0.15) is 0 Å². The van der Waals surface area contributed by atoms with Gasteiger partial charge >= 0.3 is 0 Å². The Labute approximate surface area is 102 Å². The third-order valence-electron chi connectivity index (χ3n) is 2.53. The SMILES string of the molecule is C=CCc1cccc(OCc2ccccc2)c1. The van der Waals surface area contributed by atoms with Crippen molar-refractivity contribution in [2.75, 3.05) is 0 Å². The molecular formula is C16H16O. The van der Waals surface area contributed by atoms with Crippen molar-refractivity contribution < 1.29 is 4.74 Å². The van der Waals surface area contributed by atoms with Crippen LogP contribution in [-0.2, 0) is 13.0 Å². The molecule has 0 bridgehead atoms. The molecule has 2 aromatic carbocycles. The van der Waals surface area contributed by atoms with Gasteiger partial charge in [0.25, 0.3) is 0 Å². The first-order valence-corrected chi connectivity index (χ1v) is 5.75. The van der Waals surface area contributed by atoms with Gasteiger partial charge in [-0.05, 0) is 29.7 Å². The van der Waals surface area contributed by atoms with Crippen LogP contribution in [0.3, 0.4) is 0 Å². The van der Waals surface area contributed by atoms with E-state index >= 15 is 0 Å². The van der Waals surface area contributed by atoms with Crippen molar-refractivity contribution in [2.45, 2.75) is 13.0 Å². The molecule has 0 saturated carbocycles. The van der Waals surface area contributed by atoms with Gasteiger partial charge in [0.2, 0.25) is 0 Å². The number of allylic oxidation sites excluding steroid dienone is 1. The van der Waals surface area contributed by atoms with E-state index in [-0.39, 0.29) is 0 Å². The van der Waals surface area contributed by atoms with Crippen molar-refractivity contribution in [1.82, 2.24) is 0 Å². The topological polar surface area (TPSA) is 9.23 Å². The minimum atomic E-state index is 0.610. The van der Waals surface area contributed by atoms with E-state index in [1.54, 1.807) is 0 Å². The molecule has 0 aromatic heterocycles. The summed E-state index contributed by atoms with van der Waals surface area (Å²) in [5.41, 5.74) is 2.41. The van der Waals surface area contributed by atoms with Gasteiger partial charge in [0.15, 0.2) is 0 Å². The first-order valence-electron chi connectivity index (χ1n) is 5.75. The van der Waals surface area contributed by atoms with Crippen LogP contribution in [0.4, 0.5) is 0 Å². The van der Waals surface area contributed by atoms with Crippen molar-refractivity contribution in [3.05, 3.63) is 78.4 Å². The summed E-state index contributed by atoms with van der Waals surface area (Å²) in [5.74, 6) is 0.910. The summed E-state index contributed by atoms with van der Waals surface area (Å²) in [6.07, 6.45) is 2.78. The van der Waals surface area contributed by atoms with Crippen LogP contribution in [0.1, 0.15) is 11.1 Å². The van der Waals surface area contributed by atoms with Crippen molar-refractivity contribution in [2.24, 2.45) is 0 Å². The molecule has 0 spiro atoms. The number of benzene rings is 2. The van der Waals surface area contributed by atoms with Gasteiger partial charge in [0.05, 0.1) is 0 Å². The summed E-state index contributed by atoms with van der Waals surface area (Å²) in [6.45, 7) is 4.35. The molecule has 2 rings (SSSR count). The number of hydrogen-bond donors (Lipinski definition) is 0. The fourth-order valence-corrected chi connectivity index (χ4v) is 1.67. The quantitative estimate of drug-likeness (QED) is 0.698. The molecule has 0 saturated heterocycles. The van der Waals surface area contributed by atoms with E-state index in [1.165, 1.54) is 11.1 Å². The second kappa shape index (κ2) is 5.90. The van der Waals surface area contributed by atoms with E-state index in [0.29, 0.717) is 6.61 Å². The van der Waals surface area contributed by atoms with E-state index in [4.69, 9.17) is 4.74 Å². The molecule has 0 aliphatic heterocycles. The molecule has 0 amide bonds. The maximum absolute atomic E-state index is 5.74. The zero-order valence-electron chi connectivity index (χ0n) is 9.80. The van der Waals surface area contributed by atoms with E-state index in [0.717, 1.165) is 12.2 Å². The Balaban J connectivity index is 1.99. The van der Waals surface area contributed by atoms with Crippen LogP contribution in [0, 0.1) is 0 Å². The smallest absolute Gasteiger partial charge is 0.120 e. The van der Waals surface area contributed by atoms with Gasteiger partial charge in [0, 0.05) is 0 Å². The van der Waals surface area contributed by atoms with Crippen LogP contribution in [0.15, 0.2) is 67.3 Å². The van der Waals surface area contributed by atoms with Gasteiger partial charge in [-0.25, -0.2) is 0 Å². The first-order chi connectivity index (χ1) is 8.38. The Morgan fingerprint density at radius 1 is 0.941 bits per heavy atom. The normalized spacial score (nSPS) is 9.88. The summed E-state index contributed by atoms with van der Waals surface area (Å²) in [4.78, 5) is 0. The molecule has 17 heavy (non-hydrogen) atoms. The standard InChI is InChI=1S/C16H16O/c1-2-7-14-10-6-11-16(12-14)17-13-15-8-4-3-5-9-15/h2-6,8-12H,1,7,13H2. The number of ether oxygens (including phenoxy) is 1. The van der Waals surface area contributed by atoms with Crippen LogP contribution in [-0.4, -0.2) is 0 Å². The van der Waals surface area contributed by atoms with Crippen LogP contribution in [0.25, 0.3) is 0 Å². The lowest BCUT2D eigenvalue weighted by molar-refractivity contribution is 0.306. The predicted molar refractivity (Wildman–Crippen MR) is 71.1 cm³/mol. The van der Waals surface area contributed by atoms with E-state index in [2.05, 4.69) is 30.8 Å². The monoisotopic (exact) mass is 224 g/mol. The zero-order chi connectivity index (χ0) is 11.9. The first kappa shape index (κ1) is 11.5. The van der Waals surface area contributed by atoms with Crippen molar-refractivity contribution in [3.63, 3.8) is 0 Å². The molecular weight excluding hydrogens is 208 g/mol. The lowest BCUT2D eigenvalue weighted by atomic mass is 10.1. The molecule has 2 aromatic rings. The minimum absolute atomic E-state index is 0.610. The van der Waals surface area contributed by atoms with Gasteiger partial charge in [-0.1, -0.05) is 48.5 Å². The second-order valence-corrected chi connectivity index (χ2v) is 3.91. The second-order valence-electron chi connectivity index (χ2n) is 3.91. The van der Waals surface area contributed by atoms with Crippen LogP contribution >= 0.6 is 0 Å². The lowest BCUT2D eigenvalue weighted by Gasteiger charge is -2.07. The highest BCUT2D eigenvalue weighted by Gasteiger charge is 1.96. The van der Waals surface area contributed by atoms with E-state index in [1.807, 2.05) is 36.4 Å². The highest BCUT2D eigenvalue weighted by molar-refractivity contribution is 5.30. The van der Waals surface area contributed by atoms with Crippen LogP contribution in [0.2, 0.25) is 0 Å². The van der Waals surface area contributed by atoms with Crippen molar-refractivity contribution >= 4 is 0 Å². The summed E-state index contributed by atoms with van der Waals surface area (Å²) in [6, 6.07) is 18.3. The molecule has 0 unspecified atom stereocenters. The van der Waals surface area contributed by atoms with Crippen molar-refractivity contribution in [3.8, 4) is 5.75 Å². The Bertz CT molecular complexity index is 474. The molecule has 0 atom stereocenters. The molecule has 86 valence electrons. The van der Waals surface area contributed by atoms with Gasteiger partial charge in [-0.15, -0.1) is 6.58 Å². The average Bonchev–Trinajstić information content (AvgIpc) is 2.39. The molecule has 1 heteroatoms. The predicted octanol–water partition coefficient (Wildman–Crippen LogP) is 3.99.